The second-order valence-corrected chi connectivity index (χ2v) is 7.01. The van der Waals surface area contributed by atoms with Crippen LogP contribution in [0.4, 0.5) is 5.69 Å². The number of anilines is 1. The summed E-state index contributed by atoms with van der Waals surface area (Å²) in [6.45, 7) is 2.48. The lowest BCUT2D eigenvalue weighted by Gasteiger charge is -2.19. The Balaban J connectivity index is 1.34. The molecule has 1 fully saturated rings. The van der Waals surface area contributed by atoms with Gasteiger partial charge < -0.3 is 9.26 Å². The van der Waals surface area contributed by atoms with Crippen molar-refractivity contribution in [3.05, 3.63) is 60.5 Å². The first-order valence-electron chi connectivity index (χ1n) is 9.82. The average Bonchev–Trinajstić information content (AvgIpc) is 3.48. The number of rotatable bonds is 6. The third kappa shape index (κ3) is 3.31. The third-order valence-electron chi connectivity index (χ3n) is 5.06. The predicted molar refractivity (Wildman–Crippen MR) is 108 cm³/mol. The number of ether oxygens (including phenoxy) is 1. The Kier molecular flexibility index (Phi) is 4.66. The smallest absolute Gasteiger partial charge is 0.263 e. The molecule has 0 spiro atoms. The van der Waals surface area contributed by atoms with Gasteiger partial charge in [0.05, 0.1) is 12.3 Å². The Morgan fingerprint density at radius 2 is 1.81 bits per heavy atom. The van der Waals surface area contributed by atoms with E-state index < -0.39 is 23.9 Å². The van der Waals surface area contributed by atoms with E-state index in [2.05, 4.69) is 20.5 Å². The van der Waals surface area contributed by atoms with Crippen LogP contribution in [0.3, 0.4) is 0 Å². The van der Waals surface area contributed by atoms with Crippen LogP contribution in [-0.2, 0) is 16.1 Å². The van der Waals surface area contributed by atoms with E-state index >= 15 is 0 Å². The molecule has 5 rings (SSSR count). The summed E-state index contributed by atoms with van der Waals surface area (Å²) in [5, 5.41) is 13.4. The minimum Gasteiger partial charge on any atom is -0.494 e. The quantitative estimate of drug-likeness (QED) is 0.565. The van der Waals surface area contributed by atoms with Gasteiger partial charge in [-0.2, -0.15) is 10.1 Å². The van der Waals surface area contributed by atoms with Gasteiger partial charge in [-0.1, -0.05) is 40.7 Å². The van der Waals surface area contributed by atoms with Crippen LogP contribution in [0.1, 0.15) is 12.8 Å². The summed E-state index contributed by atoms with van der Waals surface area (Å²) in [4.78, 5) is 31.4. The fourth-order valence-electron chi connectivity index (χ4n) is 3.63. The molecule has 0 saturated carbocycles. The maximum atomic E-state index is 13.1. The molecule has 3 heterocycles. The van der Waals surface area contributed by atoms with Crippen LogP contribution in [0, 0.1) is 0 Å². The lowest BCUT2D eigenvalue weighted by molar-refractivity contribution is -0.123. The Bertz CT molecular complexity index is 1140. The molecular formula is C21H18N6O4. The molecule has 2 atom stereocenters. The van der Waals surface area contributed by atoms with E-state index in [1.165, 1.54) is 5.01 Å². The zero-order chi connectivity index (χ0) is 21.4. The Morgan fingerprint density at radius 1 is 1.03 bits per heavy atom. The van der Waals surface area contributed by atoms with Crippen molar-refractivity contribution in [1.29, 1.82) is 0 Å². The molecule has 2 aliphatic heterocycles. The highest BCUT2D eigenvalue weighted by atomic mass is 16.5. The molecule has 2 aromatic carbocycles. The Hall–Kier alpha value is -4.08. The van der Waals surface area contributed by atoms with Crippen molar-refractivity contribution in [3.63, 3.8) is 0 Å². The first-order chi connectivity index (χ1) is 15.2. The minimum atomic E-state index is -0.893. The highest BCUT2D eigenvalue weighted by Crippen LogP contribution is 2.33. The maximum Gasteiger partial charge on any atom is 0.263 e. The van der Waals surface area contributed by atoms with Crippen LogP contribution < -0.4 is 9.64 Å². The van der Waals surface area contributed by atoms with Gasteiger partial charge in [0, 0.05) is 5.56 Å². The number of fused-ring (bicyclic) bond motifs is 1. The molecule has 156 valence electrons. The summed E-state index contributed by atoms with van der Waals surface area (Å²) < 4.78 is 10.7. The van der Waals surface area contributed by atoms with E-state index in [1.54, 1.807) is 24.3 Å². The van der Waals surface area contributed by atoms with Gasteiger partial charge in [-0.3, -0.25) is 14.6 Å². The van der Waals surface area contributed by atoms with E-state index in [0.29, 0.717) is 23.9 Å². The van der Waals surface area contributed by atoms with Gasteiger partial charge in [0.25, 0.3) is 11.8 Å². The highest BCUT2D eigenvalue weighted by molar-refractivity contribution is 6.25. The molecule has 31 heavy (non-hydrogen) atoms. The second-order valence-electron chi connectivity index (χ2n) is 7.01. The predicted octanol–water partition coefficient (Wildman–Crippen LogP) is 2.63. The van der Waals surface area contributed by atoms with Gasteiger partial charge >= 0.3 is 0 Å². The van der Waals surface area contributed by atoms with Crippen molar-refractivity contribution in [2.75, 3.05) is 11.5 Å². The number of carbonyl (C=O) groups excluding carboxylic acids is 2. The van der Waals surface area contributed by atoms with Crippen LogP contribution in [-0.4, -0.2) is 45.7 Å². The molecule has 1 aromatic heterocycles. The number of hydrogen-bond donors (Lipinski definition) is 0. The monoisotopic (exact) mass is 418 g/mol. The van der Waals surface area contributed by atoms with Crippen LogP contribution in [0.15, 0.2) is 69.5 Å². The topological polar surface area (TPSA) is 113 Å². The van der Waals surface area contributed by atoms with E-state index in [-0.39, 0.29) is 12.4 Å². The number of imide groups is 1. The van der Waals surface area contributed by atoms with Crippen molar-refractivity contribution in [1.82, 2.24) is 15.1 Å². The fourth-order valence-corrected chi connectivity index (χ4v) is 3.63. The van der Waals surface area contributed by atoms with Crippen molar-refractivity contribution < 1.29 is 18.8 Å². The zero-order valence-electron chi connectivity index (χ0n) is 16.6. The van der Waals surface area contributed by atoms with Gasteiger partial charge in [0.2, 0.25) is 11.7 Å². The lowest BCUT2D eigenvalue weighted by atomic mass is 10.1. The summed E-state index contributed by atoms with van der Waals surface area (Å²) in [5.41, 5.74) is 1.28. The summed E-state index contributed by atoms with van der Waals surface area (Å²) in [6, 6.07) is 14.4. The van der Waals surface area contributed by atoms with Crippen molar-refractivity contribution in [3.8, 4) is 17.1 Å². The molecule has 0 bridgehead atoms. The average molecular weight is 418 g/mol. The molecule has 1 saturated heterocycles. The molecule has 0 N–H and O–H groups in total. The van der Waals surface area contributed by atoms with E-state index in [4.69, 9.17) is 9.26 Å². The number of benzene rings is 2. The van der Waals surface area contributed by atoms with Crippen LogP contribution in [0.2, 0.25) is 0 Å². The van der Waals surface area contributed by atoms with Crippen LogP contribution >= 0.6 is 0 Å². The third-order valence-corrected chi connectivity index (χ3v) is 5.06. The molecule has 3 aromatic rings. The number of amides is 2. The number of aromatic nitrogens is 2. The molecule has 2 aliphatic rings. The highest BCUT2D eigenvalue weighted by Gasteiger charge is 2.55. The molecule has 0 unspecified atom stereocenters. The van der Waals surface area contributed by atoms with Crippen molar-refractivity contribution in [2.45, 2.75) is 25.6 Å². The SMILES string of the molecule is CCOc1ccc(N2C(=O)[C@H]3N=NN(Cc4nc(-c5ccccc5)no4)[C@@H]3C2=O)cc1. The Labute approximate surface area is 177 Å². The van der Waals surface area contributed by atoms with Gasteiger partial charge in [-0.25, -0.2) is 4.90 Å². The summed E-state index contributed by atoms with van der Waals surface area (Å²) >= 11 is 0. The standard InChI is InChI=1S/C21H18N6O4/c1-2-30-15-10-8-14(9-11-15)27-20(28)17-18(21(27)29)26(25-23-17)12-16-22-19(24-31-16)13-6-4-3-5-7-13/h3-11,17-18H,2,12H2,1H3/t17-,18-/m0/s1. The molecule has 10 nitrogen and oxygen atoms in total. The normalized spacial score (nSPS) is 19.9. The number of hydrogen-bond acceptors (Lipinski definition) is 9. The summed E-state index contributed by atoms with van der Waals surface area (Å²) in [5.74, 6) is 0.566. The molecule has 2 amide bonds. The van der Waals surface area contributed by atoms with Gasteiger partial charge in [0.1, 0.15) is 12.3 Å². The summed E-state index contributed by atoms with van der Waals surface area (Å²) in [6.07, 6.45) is 0. The first kappa shape index (κ1) is 18.9. The zero-order valence-corrected chi connectivity index (χ0v) is 16.6. The van der Waals surface area contributed by atoms with E-state index in [0.717, 1.165) is 10.5 Å². The molecule has 10 heteroatoms. The van der Waals surface area contributed by atoms with Gasteiger partial charge in [-0.05, 0) is 31.2 Å². The van der Waals surface area contributed by atoms with Crippen molar-refractivity contribution in [2.24, 2.45) is 10.3 Å². The lowest BCUT2D eigenvalue weighted by Crippen LogP contribution is -2.39. The van der Waals surface area contributed by atoms with Crippen molar-refractivity contribution >= 4 is 17.5 Å². The molecule has 0 aliphatic carbocycles. The van der Waals surface area contributed by atoms with E-state index in [9.17, 15) is 9.59 Å². The number of nitrogens with zero attached hydrogens (tertiary/aromatic N) is 6. The largest absolute Gasteiger partial charge is 0.494 e. The maximum absolute atomic E-state index is 13.1. The summed E-state index contributed by atoms with van der Waals surface area (Å²) in [7, 11) is 0. The fraction of sp³-hybridized carbons (Fsp3) is 0.238. The Morgan fingerprint density at radius 3 is 2.55 bits per heavy atom. The molecular weight excluding hydrogens is 400 g/mol. The number of carbonyl (C=O) groups is 2. The van der Waals surface area contributed by atoms with E-state index in [1.807, 2.05) is 37.3 Å². The second kappa shape index (κ2) is 7.63. The first-order valence-corrected chi connectivity index (χ1v) is 9.82. The van der Waals surface area contributed by atoms with Gasteiger partial charge in [-0.15, -0.1) is 0 Å². The molecule has 0 radical (unpaired) electrons. The van der Waals surface area contributed by atoms with Crippen LogP contribution in [0.5, 0.6) is 5.75 Å². The minimum absolute atomic E-state index is 0.0701. The van der Waals surface area contributed by atoms with Crippen LogP contribution in [0.25, 0.3) is 11.4 Å². The van der Waals surface area contributed by atoms with Gasteiger partial charge in [0.15, 0.2) is 12.1 Å².